The summed E-state index contributed by atoms with van der Waals surface area (Å²) in [6.45, 7) is 4.04. The van der Waals surface area contributed by atoms with Crippen LogP contribution in [0.2, 0.25) is 5.02 Å². The lowest BCUT2D eigenvalue weighted by Gasteiger charge is -2.47. The van der Waals surface area contributed by atoms with Gasteiger partial charge in [0.15, 0.2) is 0 Å². The number of nitrogens with zero attached hydrogens (tertiary/aromatic N) is 3. The van der Waals surface area contributed by atoms with Crippen LogP contribution in [0.4, 0.5) is 5.82 Å². The van der Waals surface area contributed by atoms with Gasteiger partial charge in [0.2, 0.25) is 5.91 Å². The summed E-state index contributed by atoms with van der Waals surface area (Å²) in [4.78, 5) is 21.1. The molecule has 3 heterocycles. The lowest BCUT2D eigenvalue weighted by Crippen LogP contribution is -2.52. The predicted molar refractivity (Wildman–Crippen MR) is 91.7 cm³/mol. The smallest absolute Gasteiger partial charge is 0.222 e. The van der Waals surface area contributed by atoms with Gasteiger partial charge in [0.25, 0.3) is 0 Å². The van der Waals surface area contributed by atoms with E-state index < -0.39 is 0 Å². The van der Waals surface area contributed by atoms with Crippen LogP contribution in [0.5, 0.6) is 0 Å². The molecule has 0 atom stereocenters. The van der Waals surface area contributed by atoms with Crippen molar-refractivity contribution in [1.29, 1.82) is 0 Å². The number of likely N-dealkylation sites (tertiary alicyclic amines) is 1. The molecule has 23 heavy (non-hydrogen) atoms. The number of anilines is 1. The van der Waals surface area contributed by atoms with E-state index in [-0.39, 0.29) is 0 Å². The number of piperidine rings is 2. The van der Waals surface area contributed by atoms with Crippen LogP contribution in [0.25, 0.3) is 0 Å². The van der Waals surface area contributed by atoms with E-state index in [1.807, 2.05) is 12.1 Å². The molecule has 0 radical (unpaired) electrons. The number of amides is 1. The third-order valence-electron chi connectivity index (χ3n) is 5.78. The highest BCUT2D eigenvalue weighted by Crippen LogP contribution is 2.42. The molecule has 0 bridgehead atoms. The average Bonchev–Trinajstić information content (AvgIpc) is 3.37. The van der Waals surface area contributed by atoms with Crippen molar-refractivity contribution in [2.75, 3.05) is 31.1 Å². The van der Waals surface area contributed by atoms with Crippen LogP contribution in [0, 0.1) is 11.3 Å². The fourth-order valence-electron chi connectivity index (χ4n) is 4.05. The topological polar surface area (TPSA) is 36.4 Å². The molecule has 0 unspecified atom stereocenters. The zero-order valence-electron chi connectivity index (χ0n) is 13.5. The van der Waals surface area contributed by atoms with Crippen LogP contribution < -0.4 is 4.90 Å². The van der Waals surface area contributed by atoms with Crippen LogP contribution >= 0.6 is 11.6 Å². The molecule has 4 nitrogen and oxygen atoms in total. The summed E-state index contributed by atoms with van der Waals surface area (Å²) in [5.41, 5.74) is 0.339. The van der Waals surface area contributed by atoms with Gasteiger partial charge in [0.1, 0.15) is 5.82 Å². The molecule has 0 aromatic carbocycles. The number of pyridine rings is 1. The highest BCUT2D eigenvalue weighted by molar-refractivity contribution is 6.30. The highest BCUT2D eigenvalue weighted by atomic mass is 35.5. The monoisotopic (exact) mass is 333 g/mol. The summed E-state index contributed by atoms with van der Waals surface area (Å²) in [5.74, 6) is 2.18. The minimum atomic E-state index is 0.339. The second-order valence-electron chi connectivity index (χ2n) is 7.54. The third-order valence-corrected chi connectivity index (χ3v) is 6.01. The normalized spacial score (nSPS) is 24.3. The number of aromatic nitrogens is 1. The van der Waals surface area contributed by atoms with E-state index in [2.05, 4.69) is 14.8 Å². The Morgan fingerprint density at radius 3 is 2.65 bits per heavy atom. The molecule has 1 aromatic rings. The molecule has 2 saturated heterocycles. The lowest BCUT2D eigenvalue weighted by molar-refractivity contribution is -0.138. The number of hydrogen-bond donors (Lipinski definition) is 0. The van der Waals surface area contributed by atoms with Crippen LogP contribution in [0.3, 0.4) is 0 Å². The van der Waals surface area contributed by atoms with Crippen molar-refractivity contribution in [3.8, 4) is 0 Å². The Hall–Kier alpha value is -1.29. The van der Waals surface area contributed by atoms with Crippen LogP contribution in [-0.4, -0.2) is 42.0 Å². The number of carbonyl (C=O) groups is 1. The molecule has 4 rings (SSSR count). The minimum absolute atomic E-state index is 0.339. The van der Waals surface area contributed by atoms with Crippen molar-refractivity contribution < 1.29 is 4.79 Å². The quantitative estimate of drug-likeness (QED) is 0.851. The molecule has 1 saturated carbocycles. The van der Waals surface area contributed by atoms with Crippen LogP contribution in [0.15, 0.2) is 18.3 Å². The highest BCUT2D eigenvalue weighted by Gasteiger charge is 2.42. The van der Waals surface area contributed by atoms with Gasteiger partial charge in [-0.2, -0.15) is 0 Å². The van der Waals surface area contributed by atoms with E-state index in [9.17, 15) is 4.79 Å². The van der Waals surface area contributed by atoms with Crippen molar-refractivity contribution in [2.45, 2.75) is 38.5 Å². The Morgan fingerprint density at radius 1 is 1.22 bits per heavy atom. The molecule has 2 aliphatic heterocycles. The summed E-state index contributed by atoms with van der Waals surface area (Å²) in [5, 5.41) is 0.684. The van der Waals surface area contributed by atoms with E-state index in [4.69, 9.17) is 11.6 Å². The van der Waals surface area contributed by atoms with Crippen molar-refractivity contribution in [3.05, 3.63) is 23.4 Å². The summed E-state index contributed by atoms with van der Waals surface area (Å²) >= 11 is 5.93. The molecule has 1 aliphatic carbocycles. The molecule has 1 aromatic heterocycles. The van der Waals surface area contributed by atoms with E-state index in [0.717, 1.165) is 63.6 Å². The van der Waals surface area contributed by atoms with Gasteiger partial charge in [-0.15, -0.1) is 0 Å². The molecule has 124 valence electrons. The van der Waals surface area contributed by atoms with Gasteiger partial charge < -0.3 is 9.80 Å². The van der Waals surface area contributed by atoms with Gasteiger partial charge in [-0.3, -0.25) is 4.79 Å². The van der Waals surface area contributed by atoms with E-state index in [1.54, 1.807) is 6.20 Å². The van der Waals surface area contributed by atoms with Gasteiger partial charge in [0.05, 0.1) is 5.02 Å². The van der Waals surface area contributed by atoms with E-state index in [0.29, 0.717) is 16.3 Å². The molecule has 1 spiro atoms. The number of rotatable bonds is 3. The fourth-order valence-corrected chi connectivity index (χ4v) is 4.17. The van der Waals surface area contributed by atoms with E-state index in [1.165, 1.54) is 12.8 Å². The predicted octanol–water partition coefficient (Wildman–Crippen LogP) is 3.35. The van der Waals surface area contributed by atoms with Gasteiger partial charge in [0, 0.05) is 38.8 Å². The second-order valence-corrected chi connectivity index (χ2v) is 7.98. The Labute approximate surface area is 142 Å². The molecule has 0 N–H and O–H groups in total. The first-order valence-corrected chi connectivity index (χ1v) is 9.16. The maximum Gasteiger partial charge on any atom is 0.222 e. The molecular formula is C18H24ClN3O. The van der Waals surface area contributed by atoms with Crippen molar-refractivity contribution in [1.82, 2.24) is 9.88 Å². The Kier molecular flexibility index (Phi) is 3.96. The standard InChI is InChI=1S/C18H24ClN3O/c19-15-3-4-16(20-11-15)21-9-7-18(8-10-21)6-5-17(23)22(13-18)12-14-1-2-14/h3-4,11,14H,1-2,5-10,12-13H2. The SMILES string of the molecule is O=C1CCC2(CCN(c3ccc(Cl)cn3)CC2)CN1CC1CC1. The first-order valence-electron chi connectivity index (χ1n) is 8.78. The molecule has 3 aliphatic rings. The van der Waals surface area contributed by atoms with E-state index >= 15 is 0 Å². The van der Waals surface area contributed by atoms with Crippen LogP contribution in [-0.2, 0) is 4.79 Å². The third kappa shape index (κ3) is 3.32. The zero-order valence-corrected chi connectivity index (χ0v) is 14.3. The van der Waals surface area contributed by atoms with Crippen molar-refractivity contribution in [2.24, 2.45) is 11.3 Å². The van der Waals surface area contributed by atoms with Gasteiger partial charge in [-0.05, 0) is 55.6 Å². The number of carbonyl (C=O) groups excluding carboxylic acids is 1. The van der Waals surface area contributed by atoms with Crippen molar-refractivity contribution >= 4 is 23.3 Å². The molecule has 5 heteroatoms. The molecule has 1 amide bonds. The summed E-state index contributed by atoms with van der Waals surface area (Å²) in [6.07, 6.45) is 8.47. The molecule has 3 fully saturated rings. The minimum Gasteiger partial charge on any atom is -0.357 e. The van der Waals surface area contributed by atoms with Crippen LogP contribution in [0.1, 0.15) is 38.5 Å². The lowest BCUT2D eigenvalue weighted by atomic mass is 9.72. The average molecular weight is 334 g/mol. The summed E-state index contributed by atoms with van der Waals surface area (Å²) in [6, 6.07) is 3.91. The van der Waals surface area contributed by atoms with Gasteiger partial charge in [-0.25, -0.2) is 4.98 Å². The van der Waals surface area contributed by atoms with Gasteiger partial charge >= 0.3 is 0 Å². The molecular weight excluding hydrogens is 310 g/mol. The van der Waals surface area contributed by atoms with Crippen molar-refractivity contribution in [3.63, 3.8) is 0 Å². The fraction of sp³-hybridized carbons (Fsp3) is 0.667. The Balaban J connectivity index is 1.39. The summed E-state index contributed by atoms with van der Waals surface area (Å²) in [7, 11) is 0. The second kappa shape index (κ2) is 5.97. The largest absolute Gasteiger partial charge is 0.357 e. The Bertz CT molecular complexity index is 576. The Morgan fingerprint density at radius 2 is 2.00 bits per heavy atom. The number of hydrogen-bond acceptors (Lipinski definition) is 3. The zero-order chi connectivity index (χ0) is 15.9. The first-order chi connectivity index (χ1) is 11.1. The summed E-state index contributed by atoms with van der Waals surface area (Å²) < 4.78 is 0. The maximum atomic E-state index is 12.2. The van der Waals surface area contributed by atoms with Gasteiger partial charge in [-0.1, -0.05) is 11.6 Å². The maximum absolute atomic E-state index is 12.2. The number of halogens is 1. The first kappa shape index (κ1) is 15.3.